The van der Waals surface area contributed by atoms with Gasteiger partial charge in [0.25, 0.3) is 0 Å². The second-order valence-corrected chi connectivity index (χ2v) is 6.67. The lowest BCUT2D eigenvalue weighted by molar-refractivity contribution is -0.140. The van der Waals surface area contributed by atoms with Crippen LogP contribution < -0.4 is 0 Å². The molecular formula is C10H19O6P. The summed E-state index contributed by atoms with van der Waals surface area (Å²) in [5.41, 5.74) is 0. The van der Waals surface area contributed by atoms with Crippen LogP contribution in [0, 0.1) is 5.92 Å². The minimum atomic E-state index is -3.40. The molecule has 0 bridgehead atoms. The summed E-state index contributed by atoms with van der Waals surface area (Å²) in [6, 6.07) is 0. The molecule has 0 aliphatic heterocycles. The molecule has 0 aromatic heterocycles. The average Bonchev–Trinajstić information content (AvgIpc) is 2.11. The van der Waals surface area contributed by atoms with Gasteiger partial charge >= 0.3 is 11.9 Å². The molecule has 6 nitrogen and oxygen atoms in total. The van der Waals surface area contributed by atoms with Crippen molar-refractivity contribution in [3.8, 4) is 0 Å². The van der Waals surface area contributed by atoms with Gasteiger partial charge in [-0.1, -0.05) is 13.3 Å². The molecule has 1 unspecified atom stereocenters. The Morgan fingerprint density at radius 1 is 1.18 bits per heavy atom. The van der Waals surface area contributed by atoms with Crippen LogP contribution in [0.1, 0.15) is 32.6 Å². The summed E-state index contributed by atoms with van der Waals surface area (Å²) in [4.78, 5) is 30.7. The zero-order valence-electron chi connectivity index (χ0n) is 9.83. The lowest BCUT2D eigenvalue weighted by Gasteiger charge is -2.17. The van der Waals surface area contributed by atoms with Gasteiger partial charge in [0.1, 0.15) is 0 Å². The Kier molecular flexibility index (Phi) is 7.07. The van der Waals surface area contributed by atoms with Crippen LogP contribution in [0.4, 0.5) is 0 Å². The van der Waals surface area contributed by atoms with Crippen molar-refractivity contribution < 1.29 is 29.3 Å². The Morgan fingerprint density at radius 2 is 1.65 bits per heavy atom. The Morgan fingerprint density at radius 3 is 2.00 bits per heavy atom. The van der Waals surface area contributed by atoms with E-state index in [2.05, 4.69) is 0 Å². The van der Waals surface area contributed by atoms with E-state index >= 15 is 0 Å². The van der Waals surface area contributed by atoms with Crippen molar-refractivity contribution >= 4 is 19.3 Å². The van der Waals surface area contributed by atoms with E-state index in [1.54, 1.807) is 0 Å². The predicted octanol–water partition coefficient (Wildman–Crippen LogP) is 1.62. The maximum absolute atomic E-state index is 11.7. The van der Waals surface area contributed by atoms with Gasteiger partial charge in [0.15, 0.2) is 0 Å². The number of carboxylic acids is 2. The van der Waals surface area contributed by atoms with E-state index in [0.29, 0.717) is 6.42 Å². The summed E-state index contributed by atoms with van der Waals surface area (Å²) in [5.74, 6) is -3.07. The lowest BCUT2D eigenvalue weighted by Crippen LogP contribution is -2.17. The molecule has 1 atom stereocenters. The van der Waals surface area contributed by atoms with Gasteiger partial charge in [-0.2, -0.15) is 0 Å². The van der Waals surface area contributed by atoms with Crippen molar-refractivity contribution in [3.05, 3.63) is 0 Å². The van der Waals surface area contributed by atoms with Gasteiger partial charge in [0.2, 0.25) is 7.37 Å². The zero-order valence-corrected chi connectivity index (χ0v) is 10.7. The average molecular weight is 266 g/mol. The van der Waals surface area contributed by atoms with E-state index in [1.807, 2.05) is 6.92 Å². The normalized spacial score (nSPS) is 14.5. The van der Waals surface area contributed by atoms with Crippen LogP contribution >= 0.6 is 7.37 Å². The van der Waals surface area contributed by atoms with Crippen molar-refractivity contribution in [1.29, 1.82) is 0 Å². The molecule has 0 amide bonds. The smallest absolute Gasteiger partial charge is 0.303 e. The second kappa shape index (κ2) is 7.45. The van der Waals surface area contributed by atoms with Crippen LogP contribution in [0.15, 0.2) is 0 Å². The van der Waals surface area contributed by atoms with Gasteiger partial charge < -0.3 is 15.1 Å². The third kappa shape index (κ3) is 8.89. The number of hydrogen-bond donors (Lipinski definition) is 3. The molecule has 0 radical (unpaired) electrons. The number of carbonyl (C=O) groups is 2. The minimum absolute atomic E-state index is 0.124. The van der Waals surface area contributed by atoms with Crippen molar-refractivity contribution in [1.82, 2.24) is 0 Å². The Hall–Kier alpha value is -0.870. The number of aliphatic carboxylic acids is 2. The number of hydrogen-bond acceptors (Lipinski definition) is 3. The Balaban J connectivity index is 4.44. The largest absolute Gasteiger partial charge is 0.481 e. The molecule has 0 fully saturated rings. The zero-order chi connectivity index (χ0) is 13.5. The third-order valence-corrected chi connectivity index (χ3v) is 4.43. The van der Waals surface area contributed by atoms with Gasteiger partial charge in [-0.05, 0) is 12.3 Å². The van der Waals surface area contributed by atoms with Gasteiger partial charge in [0.05, 0.1) is 0 Å². The molecule has 0 aromatic carbocycles. The molecule has 17 heavy (non-hydrogen) atoms. The monoisotopic (exact) mass is 266 g/mol. The second-order valence-electron chi connectivity index (χ2n) is 4.17. The summed E-state index contributed by atoms with van der Waals surface area (Å²) in [6.07, 6.45) is 0.477. The molecule has 0 aliphatic rings. The first-order chi connectivity index (χ1) is 7.76. The van der Waals surface area contributed by atoms with E-state index in [-0.39, 0.29) is 25.2 Å². The van der Waals surface area contributed by atoms with E-state index in [1.165, 1.54) is 0 Å². The van der Waals surface area contributed by atoms with Gasteiger partial charge in [-0.25, -0.2) is 0 Å². The van der Waals surface area contributed by atoms with Crippen LogP contribution in [0.2, 0.25) is 0 Å². The highest BCUT2D eigenvalue weighted by molar-refractivity contribution is 7.58. The summed E-state index contributed by atoms with van der Waals surface area (Å²) < 4.78 is 11.7. The molecule has 0 saturated heterocycles. The fourth-order valence-corrected chi connectivity index (χ4v) is 3.65. The summed E-state index contributed by atoms with van der Waals surface area (Å²) in [5, 5.41) is 17.2. The van der Waals surface area contributed by atoms with Crippen LogP contribution in [-0.4, -0.2) is 39.4 Å². The molecule has 0 saturated carbocycles. The SMILES string of the molecule is CCCCP(=O)(O)CC(CC(=O)O)CC(=O)O. The van der Waals surface area contributed by atoms with Crippen molar-refractivity contribution in [2.24, 2.45) is 5.92 Å². The number of carboxylic acid groups (broad SMARTS) is 2. The summed E-state index contributed by atoms with van der Waals surface area (Å²) in [7, 11) is -3.40. The molecule has 0 rings (SSSR count). The maximum atomic E-state index is 11.7. The lowest BCUT2D eigenvalue weighted by atomic mass is 10.0. The van der Waals surface area contributed by atoms with E-state index in [9.17, 15) is 19.0 Å². The highest BCUT2D eigenvalue weighted by atomic mass is 31.2. The molecule has 7 heteroatoms. The quantitative estimate of drug-likeness (QED) is 0.547. The van der Waals surface area contributed by atoms with Gasteiger partial charge in [-0.3, -0.25) is 14.2 Å². The molecule has 0 spiro atoms. The van der Waals surface area contributed by atoms with Crippen LogP contribution in [-0.2, 0) is 14.2 Å². The summed E-state index contributed by atoms with van der Waals surface area (Å²) in [6.45, 7) is 1.88. The Labute approximate surface area is 100 Å². The predicted molar refractivity (Wildman–Crippen MR) is 62.5 cm³/mol. The van der Waals surface area contributed by atoms with E-state index in [4.69, 9.17) is 10.2 Å². The maximum Gasteiger partial charge on any atom is 0.303 e. The Bertz CT molecular complexity index is 298. The van der Waals surface area contributed by atoms with Crippen LogP contribution in [0.3, 0.4) is 0 Å². The van der Waals surface area contributed by atoms with Crippen LogP contribution in [0.5, 0.6) is 0 Å². The first kappa shape index (κ1) is 16.1. The first-order valence-corrected chi connectivity index (χ1v) is 7.54. The number of unbranched alkanes of at least 4 members (excludes halogenated alkanes) is 1. The minimum Gasteiger partial charge on any atom is -0.481 e. The van der Waals surface area contributed by atoms with E-state index < -0.39 is 25.2 Å². The van der Waals surface area contributed by atoms with Gasteiger partial charge in [0, 0.05) is 25.2 Å². The molecular weight excluding hydrogens is 247 g/mol. The molecule has 0 aromatic rings. The molecule has 100 valence electrons. The van der Waals surface area contributed by atoms with Crippen molar-refractivity contribution in [2.45, 2.75) is 32.6 Å². The highest BCUT2D eigenvalue weighted by Crippen LogP contribution is 2.44. The van der Waals surface area contributed by atoms with E-state index in [0.717, 1.165) is 6.42 Å². The molecule has 0 aliphatic carbocycles. The first-order valence-electron chi connectivity index (χ1n) is 5.51. The highest BCUT2D eigenvalue weighted by Gasteiger charge is 2.26. The van der Waals surface area contributed by atoms with Crippen molar-refractivity contribution in [2.75, 3.05) is 12.3 Å². The fraction of sp³-hybridized carbons (Fsp3) is 0.800. The van der Waals surface area contributed by atoms with Crippen molar-refractivity contribution in [3.63, 3.8) is 0 Å². The molecule has 0 heterocycles. The summed E-state index contributed by atoms with van der Waals surface area (Å²) >= 11 is 0. The number of rotatable bonds is 9. The molecule has 3 N–H and O–H groups in total. The fourth-order valence-electron chi connectivity index (χ4n) is 1.60. The third-order valence-electron chi connectivity index (χ3n) is 2.33. The van der Waals surface area contributed by atoms with Crippen LogP contribution in [0.25, 0.3) is 0 Å². The van der Waals surface area contributed by atoms with Gasteiger partial charge in [-0.15, -0.1) is 0 Å². The standard InChI is InChI=1S/C10H19O6P/c1-2-3-4-17(15,16)7-8(5-9(11)12)6-10(13)14/h8H,2-7H2,1H3,(H,11,12)(H,13,14)(H,15,16). The topological polar surface area (TPSA) is 112 Å².